The molecule has 3 rings (SSSR count). The van der Waals surface area contributed by atoms with Crippen LogP contribution in [0.3, 0.4) is 0 Å². The lowest BCUT2D eigenvalue weighted by atomic mass is 10.1. The lowest BCUT2D eigenvalue weighted by Gasteiger charge is -2.14. The molecule has 7 heteroatoms. The maximum Gasteiger partial charge on any atom is 0.282 e. The number of benzene rings is 2. The van der Waals surface area contributed by atoms with Gasteiger partial charge in [0.2, 0.25) is 0 Å². The average molecular weight is 422 g/mol. The fraction of sp³-hybridized carbons (Fsp3) is 0.111. The van der Waals surface area contributed by atoms with Crippen LogP contribution < -0.4 is 15.2 Å². The molecule has 1 fully saturated rings. The zero-order valence-corrected chi connectivity index (χ0v) is 15.6. The number of nitrogens with zero attached hydrogens (tertiary/aromatic N) is 1. The van der Waals surface area contributed by atoms with E-state index in [9.17, 15) is 9.59 Å². The van der Waals surface area contributed by atoms with Crippen molar-refractivity contribution in [1.82, 2.24) is 5.43 Å². The first kappa shape index (κ1) is 17.5. The van der Waals surface area contributed by atoms with E-state index >= 15 is 0 Å². The van der Waals surface area contributed by atoms with Gasteiger partial charge in [-0.05, 0) is 49.4 Å². The number of anilines is 1. The Hall–Kier alpha value is -2.31. The van der Waals surface area contributed by atoms with E-state index in [0.717, 1.165) is 4.47 Å². The monoisotopic (exact) mass is 420 g/mol. The van der Waals surface area contributed by atoms with Gasteiger partial charge in [-0.1, -0.05) is 33.6 Å². The van der Waals surface area contributed by atoms with Crippen molar-refractivity contribution in [2.75, 3.05) is 11.6 Å². The summed E-state index contributed by atoms with van der Waals surface area (Å²) in [6.45, 7) is 2.32. The molecule has 1 N–H and O–H groups in total. The fourth-order valence-electron chi connectivity index (χ4n) is 2.43. The third-order valence-electron chi connectivity index (χ3n) is 3.53. The average Bonchev–Trinajstić information content (AvgIpc) is 2.85. The first-order valence-corrected chi connectivity index (χ1v) is 8.71. The quantitative estimate of drug-likeness (QED) is 0.600. The summed E-state index contributed by atoms with van der Waals surface area (Å²) in [4.78, 5) is 25.0. The number of nitrogens with one attached hydrogen (secondary N) is 1. The van der Waals surface area contributed by atoms with Gasteiger partial charge in [0.25, 0.3) is 11.8 Å². The highest BCUT2D eigenvalue weighted by Gasteiger charge is 2.34. The molecule has 0 aromatic heterocycles. The Balaban J connectivity index is 1.98. The van der Waals surface area contributed by atoms with Gasteiger partial charge in [-0.25, -0.2) is 5.01 Å². The predicted octanol–water partition coefficient (Wildman–Crippen LogP) is 3.96. The molecule has 0 unspecified atom stereocenters. The Morgan fingerprint density at radius 2 is 2.04 bits per heavy atom. The molecule has 2 aromatic carbocycles. The van der Waals surface area contributed by atoms with Crippen molar-refractivity contribution >= 4 is 51.1 Å². The minimum atomic E-state index is -0.479. The van der Waals surface area contributed by atoms with Gasteiger partial charge < -0.3 is 4.74 Å². The van der Waals surface area contributed by atoms with Crippen LogP contribution in [0.15, 0.2) is 52.5 Å². The van der Waals surface area contributed by atoms with Crippen LogP contribution in [0.1, 0.15) is 12.5 Å². The number of carbonyl (C=O) groups is 2. The lowest BCUT2D eigenvalue weighted by Crippen LogP contribution is -2.35. The Morgan fingerprint density at radius 3 is 2.76 bits per heavy atom. The lowest BCUT2D eigenvalue weighted by molar-refractivity contribution is -0.117. The van der Waals surface area contributed by atoms with Crippen molar-refractivity contribution < 1.29 is 14.3 Å². The predicted molar refractivity (Wildman–Crippen MR) is 100 cm³/mol. The molecule has 25 heavy (non-hydrogen) atoms. The molecule has 1 saturated heterocycles. The van der Waals surface area contributed by atoms with Crippen molar-refractivity contribution in [2.24, 2.45) is 0 Å². The number of hydrogen-bond acceptors (Lipinski definition) is 3. The summed E-state index contributed by atoms with van der Waals surface area (Å²) in [5.74, 6) is -0.362. The van der Waals surface area contributed by atoms with Crippen molar-refractivity contribution in [3.8, 4) is 5.75 Å². The van der Waals surface area contributed by atoms with Gasteiger partial charge >= 0.3 is 0 Å². The zero-order valence-electron chi connectivity index (χ0n) is 13.3. The highest BCUT2D eigenvalue weighted by atomic mass is 79.9. The van der Waals surface area contributed by atoms with Crippen molar-refractivity contribution in [2.45, 2.75) is 6.92 Å². The van der Waals surface area contributed by atoms with Gasteiger partial charge in [-0.15, -0.1) is 0 Å². The number of amides is 2. The molecule has 1 aliphatic rings. The number of rotatable bonds is 4. The number of halogens is 2. The molecule has 1 aliphatic heterocycles. The highest BCUT2D eigenvalue weighted by molar-refractivity contribution is 9.10. The fourth-order valence-corrected chi connectivity index (χ4v) is 3.00. The summed E-state index contributed by atoms with van der Waals surface area (Å²) in [6, 6.07) is 12.2. The maximum atomic E-state index is 12.7. The highest BCUT2D eigenvalue weighted by Crippen LogP contribution is 2.28. The molecule has 128 valence electrons. The van der Waals surface area contributed by atoms with Crippen molar-refractivity contribution in [1.29, 1.82) is 0 Å². The van der Waals surface area contributed by atoms with Crippen molar-refractivity contribution in [3.63, 3.8) is 0 Å². The molecule has 0 radical (unpaired) electrons. The zero-order chi connectivity index (χ0) is 18.0. The van der Waals surface area contributed by atoms with Gasteiger partial charge in [0.15, 0.2) is 0 Å². The Kier molecular flexibility index (Phi) is 5.11. The van der Waals surface area contributed by atoms with Gasteiger partial charge in [0.1, 0.15) is 11.3 Å². The van der Waals surface area contributed by atoms with E-state index in [-0.39, 0.29) is 5.57 Å². The van der Waals surface area contributed by atoms with E-state index in [1.807, 2.05) is 13.0 Å². The maximum absolute atomic E-state index is 12.7. The van der Waals surface area contributed by atoms with Gasteiger partial charge in [-0.2, -0.15) is 0 Å². The molecular weight excluding hydrogens is 408 g/mol. The van der Waals surface area contributed by atoms with E-state index < -0.39 is 11.8 Å². The summed E-state index contributed by atoms with van der Waals surface area (Å²) in [5.41, 5.74) is 3.72. The minimum Gasteiger partial charge on any atom is -0.493 e. The van der Waals surface area contributed by atoms with Crippen LogP contribution in [0.25, 0.3) is 6.08 Å². The molecule has 1 heterocycles. The molecule has 0 saturated carbocycles. The van der Waals surface area contributed by atoms with E-state index in [0.29, 0.717) is 28.6 Å². The Bertz CT molecular complexity index is 882. The molecule has 5 nitrogen and oxygen atoms in total. The number of carbonyl (C=O) groups excluding carboxylic acids is 2. The van der Waals surface area contributed by atoms with Crippen LogP contribution in [-0.2, 0) is 9.59 Å². The first-order chi connectivity index (χ1) is 12.0. The van der Waals surface area contributed by atoms with Crippen LogP contribution >= 0.6 is 27.5 Å². The summed E-state index contributed by atoms with van der Waals surface area (Å²) in [5, 5.41) is 1.70. The van der Waals surface area contributed by atoms with E-state index in [1.54, 1.807) is 36.4 Å². The molecule has 0 spiro atoms. The Labute approximate surface area is 158 Å². The normalized spacial score (nSPS) is 15.6. The first-order valence-electron chi connectivity index (χ1n) is 7.54. The second kappa shape index (κ2) is 7.29. The standard InChI is InChI=1S/C18H14BrClN2O3/c1-2-25-16-7-6-13(20)8-11(16)9-15-17(23)21-22(18(15)24)14-5-3-4-12(19)10-14/h3-10H,2H2,1H3,(H,21,23)/b15-9+. The topological polar surface area (TPSA) is 58.6 Å². The number of hydrazine groups is 1. The van der Waals surface area contributed by atoms with E-state index in [4.69, 9.17) is 16.3 Å². The van der Waals surface area contributed by atoms with Crippen LogP contribution in [0.2, 0.25) is 5.02 Å². The van der Waals surface area contributed by atoms with Crippen LogP contribution in [0.4, 0.5) is 5.69 Å². The minimum absolute atomic E-state index is 0.0168. The SMILES string of the molecule is CCOc1ccc(Cl)cc1/C=C1\C(=O)NN(c2cccc(Br)c2)C1=O. The van der Waals surface area contributed by atoms with Gasteiger partial charge in [0, 0.05) is 15.1 Å². The van der Waals surface area contributed by atoms with Crippen LogP contribution in [0, 0.1) is 0 Å². The van der Waals surface area contributed by atoms with E-state index in [2.05, 4.69) is 21.4 Å². The van der Waals surface area contributed by atoms with Crippen molar-refractivity contribution in [3.05, 3.63) is 63.1 Å². The summed E-state index contributed by atoms with van der Waals surface area (Å²) < 4.78 is 6.34. The van der Waals surface area contributed by atoms with Crippen LogP contribution in [0.5, 0.6) is 5.75 Å². The largest absolute Gasteiger partial charge is 0.493 e. The van der Waals surface area contributed by atoms with Gasteiger partial charge in [0.05, 0.1) is 12.3 Å². The van der Waals surface area contributed by atoms with Gasteiger partial charge in [-0.3, -0.25) is 15.0 Å². The molecule has 2 aromatic rings. The smallest absolute Gasteiger partial charge is 0.282 e. The molecule has 0 aliphatic carbocycles. The molecular formula is C18H14BrClN2O3. The number of hydrogen-bond donors (Lipinski definition) is 1. The third-order valence-corrected chi connectivity index (χ3v) is 4.26. The second-order valence-corrected chi connectivity index (χ2v) is 6.59. The summed E-state index contributed by atoms with van der Waals surface area (Å²) in [7, 11) is 0. The second-order valence-electron chi connectivity index (χ2n) is 5.23. The molecule has 0 bridgehead atoms. The molecule has 2 amide bonds. The van der Waals surface area contributed by atoms with Crippen LogP contribution in [-0.4, -0.2) is 18.4 Å². The van der Waals surface area contributed by atoms with E-state index in [1.165, 1.54) is 11.1 Å². The summed E-state index contributed by atoms with van der Waals surface area (Å²) in [6.07, 6.45) is 1.49. The molecule has 0 atom stereocenters. The third kappa shape index (κ3) is 3.70. The Morgan fingerprint density at radius 1 is 1.24 bits per heavy atom. The summed E-state index contributed by atoms with van der Waals surface area (Å²) >= 11 is 9.38. The number of ether oxygens (including phenoxy) is 1.